The Morgan fingerprint density at radius 2 is 1.82 bits per heavy atom. The van der Waals surface area contributed by atoms with E-state index in [9.17, 15) is 13.2 Å². The average molecular weight is 437 g/mol. The van der Waals surface area contributed by atoms with Gasteiger partial charge in [0, 0.05) is 10.7 Å². The fraction of sp³-hybridized carbons (Fsp3) is 0.111. The molecule has 1 heterocycles. The number of carbonyl (C=O) groups excluding carboxylic acids is 1. The SMILES string of the molecule is CSc1nn(CC(=O)Nc2ccc(Cl)cc2)c(N)c1S(=O)(=O)c1ccccc1. The van der Waals surface area contributed by atoms with Crippen LogP contribution in [0.4, 0.5) is 11.5 Å². The number of nitrogens with one attached hydrogen (secondary N) is 1. The van der Waals surface area contributed by atoms with E-state index < -0.39 is 15.7 Å². The topological polar surface area (TPSA) is 107 Å². The van der Waals surface area contributed by atoms with Crippen molar-refractivity contribution in [3.8, 4) is 0 Å². The Bertz CT molecular complexity index is 1100. The summed E-state index contributed by atoms with van der Waals surface area (Å²) in [5, 5.41) is 7.69. The van der Waals surface area contributed by atoms with E-state index >= 15 is 0 Å². The zero-order chi connectivity index (χ0) is 20.3. The number of nitrogens with two attached hydrogens (primary N) is 1. The van der Waals surface area contributed by atoms with E-state index in [1.807, 2.05) is 0 Å². The summed E-state index contributed by atoms with van der Waals surface area (Å²) >= 11 is 6.97. The fourth-order valence-corrected chi connectivity index (χ4v) is 5.11. The molecule has 0 aliphatic rings. The number of thioether (sulfide) groups is 1. The first-order chi connectivity index (χ1) is 13.3. The molecule has 28 heavy (non-hydrogen) atoms. The van der Waals surface area contributed by atoms with Gasteiger partial charge in [0.1, 0.15) is 22.3 Å². The summed E-state index contributed by atoms with van der Waals surface area (Å²) in [7, 11) is -3.87. The molecule has 0 spiro atoms. The fourth-order valence-electron chi connectivity index (χ4n) is 2.53. The van der Waals surface area contributed by atoms with Crippen LogP contribution in [0.1, 0.15) is 0 Å². The maximum absolute atomic E-state index is 13.0. The van der Waals surface area contributed by atoms with Gasteiger partial charge in [-0.05, 0) is 42.7 Å². The predicted octanol–water partition coefficient (Wildman–Crippen LogP) is 3.31. The van der Waals surface area contributed by atoms with E-state index in [1.165, 1.54) is 16.8 Å². The van der Waals surface area contributed by atoms with Crippen LogP contribution in [0.3, 0.4) is 0 Å². The third kappa shape index (κ3) is 4.16. The van der Waals surface area contributed by atoms with Crippen LogP contribution in [-0.2, 0) is 21.2 Å². The lowest BCUT2D eigenvalue weighted by atomic mass is 10.3. The van der Waals surface area contributed by atoms with Crippen molar-refractivity contribution in [1.82, 2.24) is 9.78 Å². The second-order valence-electron chi connectivity index (χ2n) is 5.75. The molecule has 0 saturated carbocycles. The molecule has 7 nitrogen and oxygen atoms in total. The number of halogens is 1. The minimum atomic E-state index is -3.87. The van der Waals surface area contributed by atoms with Crippen LogP contribution in [0.2, 0.25) is 5.02 Å². The van der Waals surface area contributed by atoms with E-state index in [-0.39, 0.29) is 27.2 Å². The zero-order valence-electron chi connectivity index (χ0n) is 14.8. The molecule has 2 aromatic carbocycles. The number of anilines is 2. The van der Waals surface area contributed by atoms with Crippen molar-refractivity contribution in [2.45, 2.75) is 21.4 Å². The van der Waals surface area contributed by atoms with Crippen LogP contribution in [0, 0.1) is 0 Å². The van der Waals surface area contributed by atoms with Gasteiger partial charge in [-0.15, -0.1) is 11.8 Å². The Balaban J connectivity index is 1.90. The van der Waals surface area contributed by atoms with Crippen molar-refractivity contribution in [3.63, 3.8) is 0 Å². The molecule has 0 bridgehead atoms. The maximum Gasteiger partial charge on any atom is 0.246 e. The molecule has 0 atom stereocenters. The largest absolute Gasteiger partial charge is 0.383 e. The molecule has 0 aliphatic carbocycles. The smallest absolute Gasteiger partial charge is 0.246 e. The molecular weight excluding hydrogens is 420 g/mol. The Morgan fingerprint density at radius 1 is 1.18 bits per heavy atom. The Kier molecular flexibility index (Phi) is 5.97. The van der Waals surface area contributed by atoms with Crippen molar-refractivity contribution in [3.05, 3.63) is 59.6 Å². The second kappa shape index (κ2) is 8.26. The lowest BCUT2D eigenvalue weighted by molar-refractivity contribution is -0.116. The van der Waals surface area contributed by atoms with E-state index in [0.717, 1.165) is 11.8 Å². The van der Waals surface area contributed by atoms with Gasteiger partial charge < -0.3 is 11.1 Å². The highest BCUT2D eigenvalue weighted by Gasteiger charge is 2.29. The summed E-state index contributed by atoms with van der Waals surface area (Å²) in [5.41, 5.74) is 6.63. The minimum Gasteiger partial charge on any atom is -0.383 e. The number of amides is 1. The zero-order valence-corrected chi connectivity index (χ0v) is 17.2. The maximum atomic E-state index is 13.0. The number of nitrogen functional groups attached to an aromatic ring is 1. The summed E-state index contributed by atoms with van der Waals surface area (Å²) in [5.74, 6) is -0.479. The van der Waals surface area contributed by atoms with E-state index in [1.54, 1.807) is 48.7 Å². The number of sulfone groups is 1. The van der Waals surface area contributed by atoms with Crippen LogP contribution in [0.25, 0.3) is 0 Å². The molecule has 0 saturated heterocycles. The quantitative estimate of drug-likeness (QED) is 0.574. The molecule has 0 fully saturated rings. The van der Waals surface area contributed by atoms with Crippen LogP contribution in [0.5, 0.6) is 0 Å². The molecular formula is C18H17ClN4O3S2. The number of rotatable bonds is 6. The molecule has 1 amide bonds. The first-order valence-electron chi connectivity index (χ1n) is 8.08. The average Bonchev–Trinajstić information content (AvgIpc) is 3.00. The lowest BCUT2D eigenvalue weighted by Crippen LogP contribution is -2.21. The summed E-state index contributed by atoms with van der Waals surface area (Å²) in [6, 6.07) is 14.6. The molecule has 0 aliphatic heterocycles. The third-order valence-corrected chi connectivity index (χ3v) is 6.74. The number of benzene rings is 2. The van der Waals surface area contributed by atoms with Gasteiger partial charge in [0.05, 0.1) is 4.90 Å². The monoisotopic (exact) mass is 436 g/mol. The van der Waals surface area contributed by atoms with E-state index in [2.05, 4.69) is 10.4 Å². The van der Waals surface area contributed by atoms with Crippen molar-refractivity contribution < 1.29 is 13.2 Å². The van der Waals surface area contributed by atoms with Crippen molar-refractivity contribution >= 4 is 50.6 Å². The number of hydrogen-bond donors (Lipinski definition) is 2. The van der Waals surface area contributed by atoms with Gasteiger partial charge in [-0.2, -0.15) is 5.10 Å². The minimum absolute atomic E-state index is 0.0838. The molecule has 3 rings (SSSR count). The van der Waals surface area contributed by atoms with Crippen molar-refractivity contribution in [2.24, 2.45) is 0 Å². The van der Waals surface area contributed by atoms with Crippen LogP contribution >= 0.6 is 23.4 Å². The van der Waals surface area contributed by atoms with Crippen molar-refractivity contribution in [2.75, 3.05) is 17.3 Å². The highest BCUT2D eigenvalue weighted by atomic mass is 35.5. The highest BCUT2D eigenvalue weighted by Crippen LogP contribution is 2.33. The number of aromatic nitrogens is 2. The standard InChI is InChI=1S/C18H17ClN4O3S2/c1-27-18-16(28(25,26)14-5-3-2-4-6-14)17(20)23(22-18)11-15(24)21-13-9-7-12(19)8-10-13/h2-10H,11,20H2,1H3,(H,21,24). The van der Waals surface area contributed by atoms with Crippen LogP contribution in [-0.4, -0.2) is 30.4 Å². The Labute approximate surface area is 171 Å². The molecule has 3 aromatic rings. The van der Waals surface area contributed by atoms with Gasteiger partial charge >= 0.3 is 0 Å². The number of nitrogens with zero attached hydrogens (tertiary/aromatic N) is 2. The third-order valence-electron chi connectivity index (χ3n) is 3.85. The summed E-state index contributed by atoms with van der Waals surface area (Å²) in [4.78, 5) is 12.4. The Hall–Kier alpha value is -2.49. The molecule has 3 N–H and O–H groups in total. The first kappa shape index (κ1) is 20.2. The van der Waals surface area contributed by atoms with Crippen LogP contribution < -0.4 is 11.1 Å². The van der Waals surface area contributed by atoms with Gasteiger partial charge in [0.2, 0.25) is 15.7 Å². The van der Waals surface area contributed by atoms with Crippen LogP contribution in [0.15, 0.2) is 69.4 Å². The summed E-state index contributed by atoms with van der Waals surface area (Å²) in [6.45, 7) is -0.230. The molecule has 0 unspecified atom stereocenters. The van der Waals surface area contributed by atoms with Gasteiger partial charge in [0.25, 0.3) is 0 Å². The molecule has 10 heteroatoms. The van der Waals surface area contributed by atoms with Gasteiger partial charge in [-0.1, -0.05) is 29.8 Å². The predicted molar refractivity (Wildman–Crippen MR) is 110 cm³/mol. The van der Waals surface area contributed by atoms with Gasteiger partial charge in [-0.3, -0.25) is 4.79 Å². The first-order valence-corrected chi connectivity index (χ1v) is 11.2. The normalized spacial score (nSPS) is 11.4. The molecule has 0 radical (unpaired) electrons. The number of carbonyl (C=O) groups is 1. The molecule has 146 valence electrons. The van der Waals surface area contributed by atoms with Gasteiger partial charge in [0.15, 0.2) is 0 Å². The van der Waals surface area contributed by atoms with Gasteiger partial charge in [-0.25, -0.2) is 13.1 Å². The summed E-state index contributed by atoms with van der Waals surface area (Å²) < 4.78 is 27.2. The second-order valence-corrected chi connectivity index (χ2v) is 8.87. The van der Waals surface area contributed by atoms with Crippen molar-refractivity contribution in [1.29, 1.82) is 0 Å². The number of hydrogen-bond acceptors (Lipinski definition) is 6. The lowest BCUT2D eigenvalue weighted by Gasteiger charge is -2.08. The molecule has 1 aromatic heterocycles. The highest BCUT2D eigenvalue weighted by molar-refractivity contribution is 7.99. The van der Waals surface area contributed by atoms with E-state index in [0.29, 0.717) is 10.7 Å². The Morgan fingerprint density at radius 3 is 2.43 bits per heavy atom. The van der Waals surface area contributed by atoms with E-state index in [4.69, 9.17) is 17.3 Å². The summed E-state index contributed by atoms with van der Waals surface area (Å²) in [6.07, 6.45) is 1.70.